The van der Waals surface area contributed by atoms with Crippen LogP contribution < -0.4 is 10.6 Å². The predicted octanol–water partition coefficient (Wildman–Crippen LogP) is 3.93. The minimum Gasteiger partial charge on any atom is -0.478 e. The standard InChI is InChI=1S/C14H10BrFN2O3/c15-10-3-1-2-4-12(10)18-14(21)17-8-5-6-11(16)9(7-8)13(19)20/h1-7H,(H,19,20)(H2,17,18,21). The van der Waals surface area contributed by atoms with Gasteiger partial charge < -0.3 is 15.7 Å². The highest BCUT2D eigenvalue weighted by atomic mass is 79.9. The van der Waals surface area contributed by atoms with Gasteiger partial charge in [-0.15, -0.1) is 0 Å². The maximum atomic E-state index is 13.2. The number of carboxylic acids is 1. The third-order valence-electron chi connectivity index (χ3n) is 2.58. The van der Waals surface area contributed by atoms with Crippen LogP contribution in [0.3, 0.4) is 0 Å². The molecule has 0 aromatic heterocycles. The van der Waals surface area contributed by atoms with E-state index in [0.717, 1.165) is 12.1 Å². The summed E-state index contributed by atoms with van der Waals surface area (Å²) in [6, 6.07) is 9.75. The zero-order valence-electron chi connectivity index (χ0n) is 10.6. The first-order valence-corrected chi connectivity index (χ1v) is 6.62. The molecule has 5 nitrogen and oxygen atoms in total. The summed E-state index contributed by atoms with van der Waals surface area (Å²) in [4.78, 5) is 22.6. The lowest BCUT2D eigenvalue weighted by atomic mass is 10.2. The van der Waals surface area contributed by atoms with Gasteiger partial charge in [-0.05, 0) is 46.3 Å². The average molecular weight is 353 g/mol. The molecule has 0 aliphatic heterocycles. The van der Waals surface area contributed by atoms with E-state index in [1.165, 1.54) is 6.07 Å². The highest BCUT2D eigenvalue weighted by Gasteiger charge is 2.12. The molecule has 0 bridgehead atoms. The smallest absolute Gasteiger partial charge is 0.338 e. The molecule has 0 heterocycles. The van der Waals surface area contributed by atoms with Gasteiger partial charge in [0.15, 0.2) is 0 Å². The van der Waals surface area contributed by atoms with E-state index >= 15 is 0 Å². The third kappa shape index (κ3) is 3.79. The predicted molar refractivity (Wildman–Crippen MR) is 80.1 cm³/mol. The quantitative estimate of drug-likeness (QED) is 0.782. The molecule has 2 aromatic rings. The lowest BCUT2D eigenvalue weighted by molar-refractivity contribution is 0.0692. The number of carbonyl (C=O) groups is 2. The van der Waals surface area contributed by atoms with Crippen LogP contribution in [0.4, 0.5) is 20.6 Å². The number of urea groups is 1. The van der Waals surface area contributed by atoms with Gasteiger partial charge in [-0.2, -0.15) is 0 Å². The number of carbonyl (C=O) groups excluding carboxylic acids is 1. The molecule has 2 amide bonds. The van der Waals surface area contributed by atoms with Gasteiger partial charge >= 0.3 is 12.0 Å². The van der Waals surface area contributed by atoms with E-state index in [9.17, 15) is 14.0 Å². The van der Waals surface area contributed by atoms with E-state index in [0.29, 0.717) is 10.2 Å². The topological polar surface area (TPSA) is 78.4 Å². The van der Waals surface area contributed by atoms with Crippen LogP contribution in [-0.2, 0) is 0 Å². The summed E-state index contributed by atoms with van der Waals surface area (Å²) in [5.74, 6) is -2.26. The van der Waals surface area contributed by atoms with Crippen molar-refractivity contribution in [2.24, 2.45) is 0 Å². The zero-order chi connectivity index (χ0) is 15.4. The molecule has 0 aliphatic carbocycles. The number of halogens is 2. The molecule has 2 rings (SSSR count). The number of rotatable bonds is 3. The molecule has 0 aliphatic rings. The lowest BCUT2D eigenvalue weighted by Gasteiger charge is -2.09. The van der Waals surface area contributed by atoms with Gasteiger partial charge in [0.25, 0.3) is 0 Å². The Morgan fingerprint density at radius 3 is 2.48 bits per heavy atom. The molecule has 7 heteroatoms. The second-order valence-electron chi connectivity index (χ2n) is 4.06. The first kappa shape index (κ1) is 15.0. The molecule has 0 radical (unpaired) electrons. The Morgan fingerprint density at radius 1 is 1.10 bits per heavy atom. The van der Waals surface area contributed by atoms with Crippen LogP contribution in [0.1, 0.15) is 10.4 Å². The van der Waals surface area contributed by atoms with Crippen molar-refractivity contribution in [2.45, 2.75) is 0 Å². The number of amides is 2. The molecular formula is C14H10BrFN2O3. The number of nitrogens with one attached hydrogen (secondary N) is 2. The Hall–Kier alpha value is -2.41. The van der Waals surface area contributed by atoms with Crippen molar-refractivity contribution >= 4 is 39.3 Å². The van der Waals surface area contributed by atoms with Crippen LogP contribution in [0.15, 0.2) is 46.9 Å². The van der Waals surface area contributed by atoms with Gasteiger partial charge in [-0.1, -0.05) is 12.1 Å². The molecule has 0 saturated carbocycles. The van der Waals surface area contributed by atoms with E-state index in [1.54, 1.807) is 24.3 Å². The molecule has 0 saturated heterocycles. The van der Waals surface area contributed by atoms with E-state index in [1.807, 2.05) is 0 Å². The number of para-hydroxylation sites is 1. The molecule has 108 valence electrons. The van der Waals surface area contributed by atoms with E-state index in [2.05, 4.69) is 26.6 Å². The molecule has 3 N–H and O–H groups in total. The van der Waals surface area contributed by atoms with E-state index < -0.39 is 23.4 Å². The zero-order valence-corrected chi connectivity index (χ0v) is 12.1. The van der Waals surface area contributed by atoms with Gasteiger partial charge in [-0.25, -0.2) is 14.0 Å². The Bertz CT molecular complexity index is 706. The monoisotopic (exact) mass is 352 g/mol. The highest BCUT2D eigenvalue weighted by molar-refractivity contribution is 9.10. The number of anilines is 2. The Balaban J connectivity index is 2.12. The first-order valence-electron chi connectivity index (χ1n) is 5.83. The van der Waals surface area contributed by atoms with Crippen molar-refractivity contribution < 1.29 is 19.1 Å². The molecule has 0 atom stereocenters. The van der Waals surface area contributed by atoms with E-state index in [4.69, 9.17) is 5.11 Å². The summed E-state index contributed by atoms with van der Waals surface area (Å²) >= 11 is 3.28. The number of benzene rings is 2. The first-order chi connectivity index (χ1) is 9.97. The summed E-state index contributed by atoms with van der Waals surface area (Å²) in [6.45, 7) is 0. The fourth-order valence-corrected chi connectivity index (χ4v) is 2.00. The molecule has 2 aromatic carbocycles. The fraction of sp³-hybridized carbons (Fsp3) is 0. The largest absolute Gasteiger partial charge is 0.478 e. The maximum Gasteiger partial charge on any atom is 0.338 e. The van der Waals surface area contributed by atoms with Crippen molar-refractivity contribution in [1.29, 1.82) is 0 Å². The second kappa shape index (κ2) is 6.36. The summed E-state index contributed by atoms with van der Waals surface area (Å²) in [6.07, 6.45) is 0. The summed E-state index contributed by atoms with van der Waals surface area (Å²) < 4.78 is 13.9. The van der Waals surface area contributed by atoms with Crippen LogP contribution in [0.5, 0.6) is 0 Å². The average Bonchev–Trinajstić information content (AvgIpc) is 2.43. The molecule has 0 unspecified atom stereocenters. The van der Waals surface area contributed by atoms with Gasteiger partial charge in [0.2, 0.25) is 0 Å². The number of hydrogen-bond acceptors (Lipinski definition) is 2. The van der Waals surface area contributed by atoms with Crippen molar-refractivity contribution in [2.75, 3.05) is 10.6 Å². The molecule has 0 fully saturated rings. The van der Waals surface area contributed by atoms with E-state index in [-0.39, 0.29) is 5.69 Å². The van der Waals surface area contributed by atoms with Crippen molar-refractivity contribution in [1.82, 2.24) is 0 Å². The molecule has 0 spiro atoms. The minimum absolute atomic E-state index is 0.179. The maximum absolute atomic E-state index is 13.2. The van der Waals surface area contributed by atoms with Crippen LogP contribution in [0, 0.1) is 5.82 Å². The Kier molecular flexibility index (Phi) is 4.54. The summed E-state index contributed by atoms with van der Waals surface area (Å²) in [7, 11) is 0. The molecular weight excluding hydrogens is 343 g/mol. The fourth-order valence-electron chi connectivity index (χ4n) is 1.61. The van der Waals surface area contributed by atoms with Crippen LogP contribution in [-0.4, -0.2) is 17.1 Å². The second-order valence-corrected chi connectivity index (χ2v) is 4.91. The van der Waals surface area contributed by atoms with Crippen LogP contribution in [0.25, 0.3) is 0 Å². The number of aromatic carboxylic acids is 1. The van der Waals surface area contributed by atoms with Gasteiger partial charge in [0.05, 0.1) is 11.3 Å². The van der Waals surface area contributed by atoms with Gasteiger partial charge in [-0.3, -0.25) is 0 Å². The lowest BCUT2D eigenvalue weighted by Crippen LogP contribution is -2.20. The third-order valence-corrected chi connectivity index (χ3v) is 3.27. The summed E-state index contributed by atoms with van der Waals surface area (Å²) in [5, 5.41) is 13.8. The van der Waals surface area contributed by atoms with Crippen molar-refractivity contribution in [3.05, 3.63) is 58.3 Å². The normalized spacial score (nSPS) is 10.0. The highest BCUT2D eigenvalue weighted by Crippen LogP contribution is 2.21. The number of carboxylic acid groups (broad SMARTS) is 1. The Morgan fingerprint density at radius 2 is 1.81 bits per heavy atom. The SMILES string of the molecule is O=C(Nc1ccc(F)c(C(=O)O)c1)Nc1ccccc1Br. The number of hydrogen-bond donors (Lipinski definition) is 3. The van der Waals surface area contributed by atoms with Gasteiger partial charge in [0.1, 0.15) is 5.82 Å². The van der Waals surface area contributed by atoms with Crippen LogP contribution in [0.2, 0.25) is 0 Å². The summed E-state index contributed by atoms with van der Waals surface area (Å²) in [5.41, 5.74) is 0.225. The van der Waals surface area contributed by atoms with Gasteiger partial charge in [0, 0.05) is 10.2 Å². The minimum atomic E-state index is -1.40. The van der Waals surface area contributed by atoms with Crippen LogP contribution >= 0.6 is 15.9 Å². The molecule has 21 heavy (non-hydrogen) atoms. The van der Waals surface area contributed by atoms with Crippen molar-refractivity contribution in [3.63, 3.8) is 0 Å². The van der Waals surface area contributed by atoms with Crippen molar-refractivity contribution in [3.8, 4) is 0 Å². The Labute approximate surface area is 127 Å².